The minimum atomic E-state index is 0.602. The van der Waals surface area contributed by atoms with Gasteiger partial charge in [0.25, 0.3) is 0 Å². The fourth-order valence-electron chi connectivity index (χ4n) is 5.01. The van der Waals surface area contributed by atoms with Crippen molar-refractivity contribution in [3.05, 3.63) is 24.3 Å². The fourth-order valence-corrected chi connectivity index (χ4v) is 5.21. The quantitative estimate of drug-likeness (QED) is 0.687. The van der Waals surface area contributed by atoms with Crippen LogP contribution in [0, 0.1) is 11.8 Å². The van der Waals surface area contributed by atoms with E-state index in [4.69, 9.17) is 17.0 Å². The molecule has 160 valence electrons. The summed E-state index contributed by atoms with van der Waals surface area (Å²) < 4.78 is 5.50. The van der Waals surface area contributed by atoms with Gasteiger partial charge in [-0.25, -0.2) is 0 Å². The first-order chi connectivity index (χ1) is 14.1. The van der Waals surface area contributed by atoms with Crippen LogP contribution >= 0.6 is 12.2 Å². The molecule has 29 heavy (non-hydrogen) atoms. The number of nitrogens with zero attached hydrogens (tertiary/aromatic N) is 3. The lowest BCUT2D eigenvalue weighted by molar-refractivity contribution is -0.0286. The molecule has 1 aromatic rings. The Morgan fingerprint density at radius 2 is 1.93 bits per heavy atom. The smallest absolute Gasteiger partial charge is 0.170 e. The fraction of sp³-hybridized carbons (Fsp3) is 0.682. The summed E-state index contributed by atoms with van der Waals surface area (Å²) in [6.45, 7) is 8.65. The molecule has 4 fully saturated rings. The van der Waals surface area contributed by atoms with Crippen LogP contribution < -0.4 is 15.5 Å². The second-order valence-corrected chi connectivity index (χ2v) is 9.29. The summed E-state index contributed by atoms with van der Waals surface area (Å²) in [7, 11) is 4.10. The van der Waals surface area contributed by atoms with E-state index >= 15 is 0 Å². The molecule has 6 nitrogen and oxygen atoms in total. The molecule has 4 aliphatic rings. The third kappa shape index (κ3) is 5.40. The number of piperidine rings is 3. The molecule has 2 N–H and O–H groups in total. The summed E-state index contributed by atoms with van der Waals surface area (Å²) in [5.41, 5.74) is 2.22. The highest BCUT2D eigenvalue weighted by molar-refractivity contribution is 7.80. The number of rotatable bonds is 6. The zero-order valence-electron chi connectivity index (χ0n) is 17.8. The molecular weight excluding hydrogens is 382 g/mol. The van der Waals surface area contributed by atoms with Crippen molar-refractivity contribution in [1.29, 1.82) is 0 Å². The molecule has 0 aliphatic carbocycles. The van der Waals surface area contributed by atoms with Crippen LogP contribution in [0.2, 0.25) is 0 Å². The van der Waals surface area contributed by atoms with Crippen LogP contribution in [0.15, 0.2) is 24.3 Å². The van der Waals surface area contributed by atoms with Crippen molar-refractivity contribution in [2.24, 2.45) is 11.8 Å². The van der Waals surface area contributed by atoms with Crippen LogP contribution in [0.4, 0.5) is 11.4 Å². The first-order valence-corrected chi connectivity index (χ1v) is 11.4. The van der Waals surface area contributed by atoms with Gasteiger partial charge in [0.1, 0.15) is 0 Å². The standard InChI is InChI=1S/C22H35N5OS/c1-25(2)20-5-3-19(4-6-20)24-22(29)23-14-21-13-17-7-8-27(21)16-18(17)15-26-9-11-28-12-10-26/h3-6,17-18,21H,7-16H2,1-2H3,(H2,23,24,29)/t17-,18+,21+/m1/s1. The van der Waals surface area contributed by atoms with Crippen molar-refractivity contribution in [2.45, 2.75) is 18.9 Å². The van der Waals surface area contributed by atoms with E-state index in [9.17, 15) is 0 Å². The molecule has 5 rings (SSSR count). The second kappa shape index (κ2) is 9.60. The van der Waals surface area contributed by atoms with Gasteiger partial charge in [-0.1, -0.05) is 0 Å². The van der Waals surface area contributed by atoms with Gasteiger partial charge in [0.05, 0.1) is 13.2 Å². The van der Waals surface area contributed by atoms with Gasteiger partial charge in [0.2, 0.25) is 0 Å². The molecule has 2 bridgehead atoms. The first-order valence-electron chi connectivity index (χ1n) is 10.9. The Kier molecular flexibility index (Phi) is 6.90. The molecular formula is C22H35N5OS. The SMILES string of the molecule is CN(C)c1ccc(NC(=S)NC[C@@H]2C[C@H]3CCN2C[C@@H]3CN2CCOCC2)cc1. The van der Waals surface area contributed by atoms with Crippen molar-refractivity contribution >= 4 is 28.7 Å². The Morgan fingerprint density at radius 1 is 1.17 bits per heavy atom. The van der Waals surface area contributed by atoms with E-state index in [2.05, 4.69) is 49.6 Å². The van der Waals surface area contributed by atoms with Crippen LogP contribution in [0.1, 0.15) is 12.8 Å². The zero-order chi connectivity index (χ0) is 20.2. The lowest BCUT2D eigenvalue weighted by Gasteiger charge is -2.51. The van der Waals surface area contributed by atoms with Crippen molar-refractivity contribution in [2.75, 3.05) is 76.8 Å². The van der Waals surface area contributed by atoms with Crippen LogP contribution in [0.5, 0.6) is 0 Å². The van der Waals surface area contributed by atoms with Gasteiger partial charge in [0, 0.05) is 64.2 Å². The summed E-state index contributed by atoms with van der Waals surface area (Å²) in [4.78, 5) is 7.38. The second-order valence-electron chi connectivity index (χ2n) is 8.88. The van der Waals surface area contributed by atoms with Crippen LogP contribution in [-0.4, -0.2) is 87.5 Å². The highest BCUT2D eigenvalue weighted by atomic mass is 32.1. The minimum absolute atomic E-state index is 0.602. The first kappa shape index (κ1) is 20.8. The molecule has 4 atom stereocenters. The third-order valence-electron chi connectivity index (χ3n) is 6.75. The van der Waals surface area contributed by atoms with Gasteiger partial charge in [-0.3, -0.25) is 9.80 Å². The topological polar surface area (TPSA) is 43.0 Å². The molecule has 0 spiro atoms. The van der Waals surface area contributed by atoms with Gasteiger partial charge in [0.15, 0.2) is 5.11 Å². The summed E-state index contributed by atoms with van der Waals surface area (Å²) >= 11 is 5.54. The van der Waals surface area contributed by atoms with Gasteiger partial charge in [-0.15, -0.1) is 0 Å². The van der Waals surface area contributed by atoms with E-state index < -0.39 is 0 Å². The Morgan fingerprint density at radius 3 is 2.59 bits per heavy atom. The zero-order valence-corrected chi connectivity index (χ0v) is 18.6. The number of ether oxygens (including phenoxy) is 1. The number of fused-ring (bicyclic) bond motifs is 3. The summed E-state index contributed by atoms with van der Waals surface area (Å²) in [6.07, 6.45) is 2.65. The predicted octanol–water partition coefficient (Wildman–Crippen LogP) is 2.08. The van der Waals surface area contributed by atoms with Crippen LogP contribution in [-0.2, 0) is 4.74 Å². The predicted molar refractivity (Wildman–Crippen MR) is 124 cm³/mol. The van der Waals surface area contributed by atoms with E-state index in [1.165, 1.54) is 38.2 Å². The maximum Gasteiger partial charge on any atom is 0.170 e. The number of hydrogen-bond acceptors (Lipinski definition) is 5. The van der Waals surface area contributed by atoms with Crippen LogP contribution in [0.25, 0.3) is 0 Å². The maximum atomic E-state index is 5.54. The molecule has 7 heteroatoms. The molecule has 4 aliphatic heterocycles. The number of nitrogens with one attached hydrogen (secondary N) is 2. The average molecular weight is 418 g/mol. The Bertz CT molecular complexity index is 676. The van der Waals surface area contributed by atoms with E-state index in [1.807, 2.05) is 14.1 Å². The Hall–Kier alpha value is -1.41. The molecule has 0 radical (unpaired) electrons. The molecule has 0 saturated carbocycles. The molecule has 4 saturated heterocycles. The minimum Gasteiger partial charge on any atom is -0.379 e. The van der Waals surface area contributed by atoms with Crippen molar-refractivity contribution < 1.29 is 4.74 Å². The molecule has 0 amide bonds. The van der Waals surface area contributed by atoms with E-state index in [0.29, 0.717) is 6.04 Å². The largest absolute Gasteiger partial charge is 0.379 e. The monoisotopic (exact) mass is 417 g/mol. The maximum absolute atomic E-state index is 5.54. The summed E-state index contributed by atoms with van der Waals surface area (Å²) in [5, 5.41) is 7.50. The molecule has 4 heterocycles. The molecule has 0 aromatic heterocycles. The van der Waals surface area contributed by atoms with Gasteiger partial charge >= 0.3 is 0 Å². The van der Waals surface area contributed by atoms with Crippen molar-refractivity contribution in [3.8, 4) is 0 Å². The number of hydrogen-bond donors (Lipinski definition) is 2. The van der Waals surface area contributed by atoms with E-state index in [-0.39, 0.29) is 0 Å². The lowest BCUT2D eigenvalue weighted by atomic mass is 9.75. The number of benzene rings is 1. The van der Waals surface area contributed by atoms with Gasteiger partial charge in [-0.2, -0.15) is 0 Å². The molecule has 1 aromatic carbocycles. The highest BCUT2D eigenvalue weighted by Crippen LogP contribution is 2.36. The van der Waals surface area contributed by atoms with Crippen LogP contribution in [0.3, 0.4) is 0 Å². The third-order valence-corrected chi connectivity index (χ3v) is 7.00. The number of morpholine rings is 1. The average Bonchev–Trinajstić information content (AvgIpc) is 2.74. The Balaban J connectivity index is 1.22. The Labute approximate surface area is 180 Å². The van der Waals surface area contributed by atoms with Gasteiger partial charge < -0.3 is 20.3 Å². The highest BCUT2D eigenvalue weighted by Gasteiger charge is 2.40. The normalized spacial score (nSPS) is 29.4. The van der Waals surface area contributed by atoms with Crippen molar-refractivity contribution in [3.63, 3.8) is 0 Å². The summed E-state index contributed by atoms with van der Waals surface area (Å²) in [5.74, 6) is 1.67. The number of thiocarbonyl (C=S) groups is 1. The number of anilines is 2. The van der Waals surface area contributed by atoms with E-state index in [1.54, 1.807) is 0 Å². The molecule has 1 unspecified atom stereocenters. The van der Waals surface area contributed by atoms with Crippen molar-refractivity contribution in [1.82, 2.24) is 15.1 Å². The lowest BCUT2D eigenvalue weighted by Crippen LogP contribution is -2.59. The van der Waals surface area contributed by atoms with Gasteiger partial charge in [-0.05, 0) is 67.7 Å². The summed E-state index contributed by atoms with van der Waals surface area (Å²) in [6, 6.07) is 8.96. The van der Waals surface area contributed by atoms with E-state index in [0.717, 1.165) is 55.5 Å².